The quantitative estimate of drug-likeness (QED) is 0.286. The number of hydrogen-bond donors (Lipinski definition) is 4. The van der Waals surface area contributed by atoms with Gasteiger partial charge in [-0.1, -0.05) is 18.2 Å². The minimum absolute atomic E-state index is 0.146. The topological polar surface area (TPSA) is 154 Å². The van der Waals surface area contributed by atoms with E-state index < -0.39 is 5.69 Å². The first-order chi connectivity index (χ1) is 17.0. The van der Waals surface area contributed by atoms with E-state index in [-0.39, 0.29) is 23.7 Å². The van der Waals surface area contributed by atoms with Gasteiger partial charge in [-0.2, -0.15) is 24.7 Å². The van der Waals surface area contributed by atoms with Crippen LogP contribution in [0.4, 0.5) is 5.95 Å². The zero-order chi connectivity index (χ0) is 23.9. The van der Waals surface area contributed by atoms with Crippen molar-refractivity contribution in [2.45, 2.75) is 31.8 Å². The fraction of sp³-hybridized carbons (Fsp3) is 0.217. The molecule has 1 unspecified atom stereocenters. The fourth-order valence-corrected chi connectivity index (χ4v) is 3.89. The molecule has 1 aliphatic carbocycles. The second kappa shape index (κ2) is 8.24. The first kappa shape index (κ1) is 20.8. The highest BCUT2D eigenvalue weighted by atomic mass is 16.3. The van der Waals surface area contributed by atoms with Crippen LogP contribution in [-0.4, -0.2) is 50.5 Å². The molecule has 0 bridgehead atoms. The van der Waals surface area contributed by atoms with Gasteiger partial charge in [-0.05, 0) is 43.5 Å². The van der Waals surface area contributed by atoms with Crippen molar-refractivity contribution in [1.82, 2.24) is 39.3 Å². The Morgan fingerprint density at radius 1 is 1.20 bits per heavy atom. The van der Waals surface area contributed by atoms with Crippen molar-refractivity contribution in [3.63, 3.8) is 0 Å². The zero-order valence-electron chi connectivity index (χ0n) is 18.8. The van der Waals surface area contributed by atoms with E-state index in [2.05, 4.69) is 30.5 Å². The van der Waals surface area contributed by atoms with Gasteiger partial charge in [0.1, 0.15) is 5.69 Å². The van der Waals surface area contributed by atoms with Crippen LogP contribution >= 0.6 is 0 Å². The maximum Gasteiger partial charge on any atom is 0.326 e. The third-order valence-corrected chi connectivity index (χ3v) is 5.76. The van der Waals surface area contributed by atoms with Gasteiger partial charge < -0.3 is 15.4 Å². The van der Waals surface area contributed by atoms with Crippen LogP contribution in [0.15, 0.2) is 58.7 Å². The summed E-state index contributed by atoms with van der Waals surface area (Å²) in [5, 5.41) is 22.7. The third-order valence-electron chi connectivity index (χ3n) is 5.76. The highest BCUT2D eigenvalue weighted by Gasteiger charge is 2.21. The number of hydrogen-bond acceptors (Lipinski definition) is 8. The molecule has 12 heteroatoms. The first-order valence-electron chi connectivity index (χ1n) is 11.2. The van der Waals surface area contributed by atoms with Crippen molar-refractivity contribution >= 4 is 17.7 Å². The van der Waals surface area contributed by atoms with Crippen LogP contribution in [0.25, 0.3) is 17.4 Å². The molecule has 0 aliphatic heterocycles. The Morgan fingerprint density at radius 3 is 2.80 bits per heavy atom. The van der Waals surface area contributed by atoms with Gasteiger partial charge in [0.2, 0.25) is 11.8 Å². The average Bonchev–Trinajstić information content (AvgIpc) is 3.20. The summed E-state index contributed by atoms with van der Waals surface area (Å²) < 4.78 is 3.39. The lowest BCUT2D eigenvalue weighted by molar-refractivity contribution is 0.454. The molecule has 35 heavy (non-hydrogen) atoms. The minimum Gasteiger partial charge on any atom is -0.493 e. The van der Waals surface area contributed by atoms with Crippen LogP contribution < -0.4 is 21.8 Å². The van der Waals surface area contributed by atoms with E-state index in [1.807, 2.05) is 48.1 Å². The summed E-state index contributed by atoms with van der Waals surface area (Å²) in [6.07, 6.45) is 8.87. The standard InChI is InChI=1S/C23H22N10O2/c1-13(16-5-2-3-6-18(16)32-10-4-9-24-32)26-21-29-19-14(11-17-20(34)30-23(35)28-17)12-25-33(19)22(31-21)27-15-7-8-15/h2-6,9-13,15,34H,7-8H2,1H3,(H,26,27,31)(H2,28,30,35). The number of imidazole rings is 1. The Kier molecular flexibility index (Phi) is 4.90. The van der Waals surface area contributed by atoms with E-state index >= 15 is 0 Å². The Labute approximate surface area is 197 Å². The predicted molar refractivity (Wildman–Crippen MR) is 127 cm³/mol. The molecule has 5 aromatic rings. The second-order valence-electron chi connectivity index (χ2n) is 8.40. The lowest BCUT2D eigenvalue weighted by atomic mass is 10.1. The molecule has 1 saturated carbocycles. The zero-order valence-corrected chi connectivity index (χ0v) is 18.8. The molecule has 0 amide bonds. The molecule has 4 heterocycles. The Balaban J connectivity index is 1.44. The summed E-state index contributed by atoms with van der Waals surface area (Å²) in [4.78, 5) is 30.4. The number of rotatable bonds is 6. The van der Waals surface area contributed by atoms with Crippen molar-refractivity contribution in [2.24, 2.45) is 4.99 Å². The SMILES string of the molecule is CC(Nc1nc(=NC2CC2)n2ncc(=Cc3[nH]c(=O)[nH]c3O)c2n1)c1ccccc1-n1cccn1. The molecular formula is C23H22N10O2. The summed E-state index contributed by atoms with van der Waals surface area (Å²) in [5.41, 5.74) is 2.65. The third kappa shape index (κ3) is 4.05. The number of aromatic nitrogens is 8. The van der Waals surface area contributed by atoms with Gasteiger partial charge in [0.05, 0.1) is 24.0 Å². The summed E-state index contributed by atoms with van der Waals surface area (Å²) in [7, 11) is 0. The predicted octanol–water partition coefficient (Wildman–Crippen LogP) is 0.816. The van der Waals surface area contributed by atoms with Gasteiger partial charge in [-0.25, -0.2) is 14.5 Å². The molecule has 1 atom stereocenters. The van der Waals surface area contributed by atoms with Crippen LogP contribution in [0.3, 0.4) is 0 Å². The minimum atomic E-state index is -0.503. The number of H-pyrrole nitrogens is 2. The lowest BCUT2D eigenvalue weighted by Crippen LogP contribution is -2.25. The Hall–Kier alpha value is -4.74. The van der Waals surface area contributed by atoms with Crippen molar-refractivity contribution in [3.05, 3.63) is 81.5 Å². The van der Waals surface area contributed by atoms with Crippen LogP contribution in [0, 0.1) is 0 Å². The van der Waals surface area contributed by atoms with Gasteiger partial charge in [-0.3, -0.25) is 4.98 Å². The summed E-state index contributed by atoms with van der Waals surface area (Å²) in [6, 6.07) is 9.94. The van der Waals surface area contributed by atoms with E-state index in [0.29, 0.717) is 22.4 Å². The average molecular weight is 470 g/mol. The maximum absolute atomic E-state index is 11.5. The lowest BCUT2D eigenvalue weighted by Gasteiger charge is -2.18. The molecule has 1 aliphatic rings. The molecular weight excluding hydrogens is 448 g/mol. The molecule has 0 spiro atoms. The van der Waals surface area contributed by atoms with Crippen LogP contribution in [0.1, 0.15) is 37.1 Å². The van der Waals surface area contributed by atoms with Crippen molar-refractivity contribution < 1.29 is 5.11 Å². The Bertz CT molecular complexity index is 1690. The molecule has 6 rings (SSSR count). The molecule has 1 fully saturated rings. The van der Waals surface area contributed by atoms with Crippen LogP contribution in [0.5, 0.6) is 5.88 Å². The molecule has 0 radical (unpaired) electrons. The number of benzene rings is 1. The van der Waals surface area contributed by atoms with Crippen molar-refractivity contribution in [2.75, 3.05) is 5.32 Å². The van der Waals surface area contributed by atoms with Crippen molar-refractivity contribution in [3.8, 4) is 11.6 Å². The molecule has 1 aromatic carbocycles. The second-order valence-corrected chi connectivity index (χ2v) is 8.40. The molecule has 176 valence electrons. The van der Waals surface area contributed by atoms with Gasteiger partial charge in [0, 0.05) is 17.6 Å². The number of aromatic hydroxyl groups is 1. The number of fused-ring (bicyclic) bond motifs is 1. The normalized spacial score (nSPS) is 15.7. The van der Waals surface area contributed by atoms with Crippen molar-refractivity contribution in [1.29, 1.82) is 0 Å². The van der Waals surface area contributed by atoms with Gasteiger partial charge in [0.15, 0.2) is 5.65 Å². The fourth-order valence-electron chi connectivity index (χ4n) is 3.89. The number of anilines is 1. The number of para-hydroxylation sites is 1. The maximum atomic E-state index is 11.5. The number of nitrogens with one attached hydrogen (secondary N) is 3. The van der Waals surface area contributed by atoms with Gasteiger partial charge in [-0.15, -0.1) is 0 Å². The molecule has 4 N–H and O–H groups in total. The van der Waals surface area contributed by atoms with E-state index in [0.717, 1.165) is 24.1 Å². The smallest absolute Gasteiger partial charge is 0.326 e. The van der Waals surface area contributed by atoms with E-state index in [9.17, 15) is 9.90 Å². The highest BCUT2D eigenvalue weighted by molar-refractivity contribution is 5.57. The Morgan fingerprint density at radius 2 is 2.06 bits per heavy atom. The number of nitrogens with zero attached hydrogens (tertiary/aromatic N) is 7. The van der Waals surface area contributed by atoms with E-state index in [4.69, 9.17) is 9.98 Å². The molecule has 12 nitrogen and oxygen atoms in total. The largest absolute Gasteiger partial charge is 0.493 e. The van der Waals surface area contributed by atoms with E-state index in [1.54, 1.807) is 23.0 Å². The van der Waals surface area contributed by atoms with E-state index in [1.165, 1.54) is 0 Å². The van der Waals surface area contributed by atoms with Gasteiger partial charge >= 0.3 is 5.69 Å². The number of aromatic amines is 2. The van der Waals surface area contributed by atoms with Gasteiger partial charge in [0.25, 0.3) is 5.62 Å². The van der Waals surface area contributed by atoms with Crippen LogP contribution in [0.2, 0.25) is 0 Å². The summed E-state index contributed by atoms with van der Waals surface area (Å²) >= 11 is 0. The molecule has 0 saturated heterocycles. The summed E-state index contributed by atoms with van der Waals surface area (Å²) in [5.74, 6) is 0.134. The summed E-state index contributed by atoms with van der Waals surface area (Å²) in [6.45, 7) is 2.03. The monoisotopic (exact) mass is 470 g/mol. The first-order valence-corrected chi connectivity index (χ1v) is 11.2. The highest BCUT2D eigenvalue weighted by Crippen LogP contribution is 2.24. The van der Waals surface area contributed by atoms with Crippen LogP contribution in [-0.2, 0) is 0 Å². The molecule has 4 aromatic heterocycles.